The molecule has 0 fully saturated rings. The van der Waals surface area contributed by atoms with E-state index >= 15 is 0 Å². The first-order valence-electron chi connectivity index (χ1n) is 5.92. The van der Waals surface area contributed by atoms with Crippen molar-refractivity contribution in [1.82, 2.24) is 0 Å². The first-order chi connectivity index (χ1) is 10.0. The van der Waals surface area contributed by atoms with Gasteiger partial charge in [-0.1, -0.05) is 12.1 Å². The first kappa shape index (κ1) is 13.4. The van der Waals surface area contributed by atoms with Gasteiger partial charge in [-0.2, -0.15) is 0 Å². The van der Waals surface area contributed by atoms with Gasteiger partial charge in [-0.25, -0.2) is 4.90 Å². The molecule has 0 radical (unpaired) electrons. The number of imide groups is 1. The molecule has 0 N–H and O–H groups in total. The number of rotatable bonds is 2. The summed E-state index contributed by atoms with van der Waals surface area (Å²) in [6.07, 6.45) is 0. The lowest BCUT2D eigenvalue weighted by molar-refractivity contribution is -0.384. The molecule has 3 rings (SSSR count). The zero-order chi connectivity index (χ0) is 15.1. The van der Waals surface area contributed by atoms with E-state index in [0.29, 0.717) is 15.6 Å². The van der Waals surface area contributed by atoms with E-state index in [1.807, 2.05) is 0 Å². The van der Waals surface area contributed by atoms with E-state index in [2.05, 4.69) is 15.9 Å². The van der Waals surface area contributed by atoms with Crippen LogP contribution in [0, 0.1) is 10.1 Å². The maximum Gasteiger partial charge on any atom is 0.271 e. The smallest absolute Gasteiger partial charge is 0.268 e. The van der Waals surface area contributed by atoms with Gasteiger partial charge in [-0.15, -0.1) is 0 Å². The van der Waals surface area contributed by atoms with Crippen LogP contribution >= 0.6 is 15.9 Å². The summed E-state index contributed by atoms with van der Waals surface area (Å²) in [5, 5.41) is 10.9. The van der Waals surface area contributed by atoms with Crippen molar-refractivity contribution in [1.29, 1.82) is 0 Å². The Hall–Kier alpha value is -2.54. The minimum absolute atomic E-state index is 0.162. The summed E-state index contributed by atoms with van der Waals surface area (Å²) in [5.74, 6) is -0.978. The number of benzene rings is 2. The molecule has 0 saturated carbocycles. The average Bonchev–Trinajstić information content (AvgIpc) is 2.72. The topological polar surface area (TPSA) is 80.5 Å². The number of carbonyl (C=O) groups is 2. The lowest BCUT2D eigenvalue weighted by Gasteiger charge is -2.15. The molecule has 21 heavy (non-hydrogen) atoms. The molecule has 0 unspecified atom stereocenters. The fourth-order valence-corrected chi connectivity index (χ4v) is 2.62. The molecule has 0 atom stereocenters. The standard InChI is InChI=1S/C14H7BrN2O4/c15-11-6-5-8(17(20)21)7-12(11)16-13(18)9-3-1-2-4-10(9)14(16)19/h1-7H. The van der Waals surface area contributed by atoms with Crippen LogP contribution in [-0.4, -0.2) is 16.7 Å². The molecule has 0 aliphatic carbocycles. The Bertz CT molecular complexity index is 768. The third-order valence-corrected chi connectivity index (χ3v) is 3.85. The van der Waals surface area contributed by atoms with Gasteiger partial charge in [0.25, 0.3) is 17.5 Å². The highest BCUT2D eigenvalue weighted by molar-refractivity contribution is 9.10. The summed E-state index contributed by atoms with van der Waals surface area (Å²) in [6.45, 7) is 0. The van der Waals surface area contributed by atoms with Gasteiger partial charge in [0.1, 0.15) is 0 Å². The molecular formula is C14H7BrN2O4. The van der Waals surface area contributed by atoms with Crippen LogP contribution in [0.1, 0.15) is 20.7 Å². The van der Waals surface area contributed by atoms with Crippen LogP contribution in [0.3, 0.4) is 0 Å². The van der Waals surface area contributed by atoms with Crippen molar-refractivity contribution in [2.75, 3.05) is 4.90 Å². The average molecular weight is 347 g/mol. The second-order valence-corrected chi connectivity index (χ2v) is 5.24. The van der Waals surface area contributed by atoms with Gasteiger partial charge in [-0.3, -0.25) is 19.7 Å². The number of non-ortho nitro benzene ring substituents is 1. The lowest BCUT2D eigenvalue weighted by Crippen LogP contribution is -2.29. The predicted molar refractivity (Wildman–Crippen MR) is 78.4 cm³/mol. The molecule has 1 aliphatic rings. The Labute approximate surface area is 127 Å². The van der Waals surface area contributed by atoms with Crippen LogP contribution in [0.5, 0.6) is 0 Å². The Morgan fingerprint density at radius 3 is 2.10 bits per heavy atom. The summed E-state index contributed by atoms with van der Waals surface area (Å²) in [5.41, 5.74) is 0.557. The quantitative estimate of drug-likeness (QED) is 0.475. The maximum absolute atomic E-state index is 12.4. The number of hydrogen-bond donors (Lipinski definition) is 0. The number of halogens is 1. The van der Waals surface area contributed by atoms with Crippen molar-refractivity contribution in [2.45, 2.75) is 0 Å². The maximum atomic E-state index is 12.4. The SMILES string of the molecule is O=C1c2ccccc2C(=O)N1c1cc([N+](=O)[O-])ccc1Br. The van der Waals surface area contributed by atoms with Crippen molar-refractivity contribution >= 4 is 39.1 Å². The molecule has 2 amide bonds. The van der Waals surface area contributed by atoms with Crippen molar-refractivity contribution < 1.29 is 14.5 Å². The number of amides is 2. The second kappa shape index (κ2) is 4.78. The molecule has 1 heterocycles. The van der Waals surface area contributed by atoms with Crippen LogP contribution in [0.15, 0.2) is 46.9 Å². The first-order valence-corrected chi connectivity index (χ1v) is 6.72. The fraction of sp³-hybridized carbons (Fsp3) is 0. The predicted octanol–water partition coefficient (Wildman–Crippen LogP) is 3.16. The number of anilines is 1. The van der Waals surface area contributed by atoms with Crippen LogP contribution in [0.4, 0.5) is 11.4 Å². The number of nitrogens with zero attached hydrogens (tertiary/aromatic N) is 2. The lowest BCUT2D eigenvalue weighted by atomic mass is 10.1. The van der Waals surface area contributed by atoms with Gasteiger partial charge < -0.3 is 0 Å². The molecule has 6 nitrogen and oxygen atoms in total. The monoisotopic (exact) mass is 346 g/mol. The highest BCUT2D eigenvalue weighted by atomic mass is 79.9. The third kappa shape index (κ3) is 2.02. The minimum Gasteiger partial charge on any atom is -0.268 e. The molecule has 0 saturated heterocycles. The zero-order valence-corrected chi connectivity index (χ0v) is 12.0. The van der Waals surface area contributed by atoms with Crippen LogP contribution < -0.4 is 4.90 Å². The molecule has 7 heteroatoms. The number of fused-ring (bicyclic) bond motifs is 1. The molecule has 0 spiro atoms. The van der Waals surface area contributed by atoms with Gasteiger partial charge in [0.15, 0.2) is 0 Å². The normalized spacial score (nSPS) is 13.5. The Morgan fingerprint density at radius 1 is 1.00 bits per heavy atom. The summed E-state index contributed by atoms with van der Waals surface area (Å²) in [6, 6.07) is 10.4. The van der Waals surface area contributed by atoms with Crippen LogP contribution in [0.2, 0.25) is 0 Å². The summed E-state index contributed by atoms with van der Waals surface area (Å²) in [4.78, 5) is 35.9. The van der Waals surface area contributed by atoms with Crippen LogP contribution in [-0.2, 0) is 0 Å². The van der Waals surface area contributed by atoms with Crippen molar-refractivity contribution in [3.63, 3.8) is 0 Å². The second-order valence-electron chi connectivity index (χ2n) is 4.38. The molecule has 2 aromatic rings. The van der Waals surface area contributed by atoms with E-state index in [1.165, 1.54) is 18.2 Å². The number of nitro benzene ring substituents is 1. The van der Waals surface area contributed by atoms with Crippen molar-refractivity contribution in [3.05, 3.63) is 68.2 Å². The Morgan fingerprint density at radius 2 is 1.57 bits per heavy atom. The molecule has 1 aliphatic heterocycles. The highest BCUT2D eigenvalue weighted by Crippen LogP contribution is 2.35. The zero-order valence-electron chi connectivity index (χ0n) is 10.4. The van der Waals surface area contributed by atoms with E-state index in [-0.39, 0.29) is 11.4 Å². The molecule has 104 valence electrons. The molecular weight excluding hydrogens is 340 g/mol. The number of carbonyl (C=O) groups excluding carboxylic acids is 2. The molecule has 0 bridgehead atoms. The Balaban J connectivity index is 2.15. The molecule has 0 aromatic heterocycles. The van der Waals surface area contributed by atoms with E-state index in [1.54, 1.807) is 24.3 Å². The largest absolute Gasteiger partial charge is 0.271 e. The van der Waals surface area contributed by atoms with E-state index in [9.17, 15) is 19.7 Å². The minimum atomic E-state index is -0.575. The van der Waals surface area contributed by atoms with E-state index in [0.717, 1.165) is 4.90 Å². The van der Waals surface area contributed by atoms with E-state index < -0.39 is 16.7 Å². The van der Waals surface area contributed by atoms with Gasteiger partial charge >= 0.3 is 0 Å². The van der Waals surface area contributed by atoms with Gasteiger partial charge in [0.2, 0.25) is 0 Å². The summed E-state index contributed by atoms with van der Waals surface area (Å²) >= 11 is 3.22. The fourth-order valence-electron chi connectivity index (χ4n) is 2.19. The van der Waals surface area contributed by atoms with Crippen LogP contribution in [0.25, 0.3) is 0 Å². The van der Waals surface area contributed by atoms with Crippen molar-refractivity contribution in [3.8, 4) is 0 Å². The van der Waals surface area contributed by atoms with Gasteiger partial charge in [-0.05, 0) is 34.1 Å². The van der Waals surface area contributed by atoms with Gasteiger partial charge in [0, 0.05) is 16.6 Å². The number of nitro groups is 1. The number of hydrogen-bond acceptors (Lipinski definition) is 4. The summed E-state index contributed by atoms with van der Waals surface area (Å²) in [7, 11) is 0. The highest BCUT2D eigenvalue weighted by Gasteiger charge is 2.37. The van der Waals surface area contributed by atoms with E-state index in [4.69, 9.17) is 0 Å². The summed E-state index contributed by atoms with van der Waals surface area (Å²) < 4.78 is 0.433. The molecule has 2 aromatic carbocycles. The van der Waals surface area contributed by atoms with Crippen molar-refractivity contribution in [2.24, 2.45) is 0 Å². The van der Waals surface area contributed by atoms with Gasteiger partial charge in [0.05, 0.1) is 21.7 Å². The third-order valence-electron chi connectivity index (χ3n) is 3.18. The Kier molecular flexibility index (Phi) is 3.06.